The van der Waals surface area contributed by atoms with Gasteiger partial charge in [-0.2, -0.15) is 0 Å². The summed E-state index contributed by atoms with van der Waals surface area (Å²) in [4.78, 5) is 20.3. The van der Waals surface area contributed by atoms with Crippen molar-refractivity contribution >= 4 is 23.2 Å². The number of hydrogen-bond acceptors (Lipinski definition) is 4. The number of nitrogens with one attached hydrogen (secondary N) is 3. The number of hydrogen-bond donors (Lipinski definition) is 3. The van der Waals surface area contributed by atoms with E-state index in [-0.39, 0.29) is 12.5 Å². The summed E-state index contributed by atoms with van der Waals surface area (Å²) >= 11 is 1.80. The minimum Gasteiger partial charge on any atom is -0.354 e. The van der Waals surface area contributed by atoms with E-state index in [1.807, 2.05) is 18.2 Å². The predicted octanol–water partition coefficient (Wildman–Crippen LogP) is 2.41. The van der Waals surface area contributed by atoms with Crippen LogP contribution < -0.4 is 16.0 Å². The van der Waals surface area contributed by atoms with Crippen LogP contribution in [0.3, 0.4) is 0 Å². The molecule has 156 valence electrons. The third kappa shape index (κ3) is 6.87. The van der Waals surface area contributed by atoms with E-state index in [0.717, 1.165) is 26.1 Å². The summed E-state index contributed by atoms with van der Waals surface area (Å²) in [5.74, 6) is 0.627. The molecular weight excluding hydrogens is 382 g/mol. The zero-order chi connectivity index (χ0) is 20.3. The Kier molecular flexibility index (Phi) is 8.52. The van der Waals surface area contributed by atoms with Gasteiger partial charge >= 0.3 is 0 Å². The molecule has 6 nitrogen and oxygen atoms in total. The zero-order valence-electron chi connectivity index (χ0n) is 17.1. The van der Waals surface area contributed by atoms with Gasteiger partial charge in [-0.1, -0.05) is 36.4 Å². The van der Waals surface area contributed by atoms with Crippen LogP contribution in [0, 0.1) is 0 Å². The maximum Gasteiger partial charge on any atom is 0.239 e. The maximum atomic E-state index is 12.1. The second-order valence-corrected chi connectivity index (χ2v) is 8.15. The van der Waals surface area contributed by atoms with Gasteiger partial charge in [0.05, 0.1) is 12.6 Å². The van der Waals surface area contributed by atoms with E-state index in [9.17, 15) is 4.79 Å². The minimum atomic E-state index is -0.0294. The third-order valence-electron chi connectivity index (χ3n) is 5.13. The molecule has 2 heterocycles. The molecule has 3 N–H and O–H groups in total. The molecule has 0 saturated carbocycles. The molecule has 1 amide bonds. The normalized spacial score (nSPS) is 15.8. The monoisotopic (exact) mass is 413 g/mol. The van der Waals surface area contributed by atoms with Gasteiger partial charge in [0.2, 0.25) is 5.91 Å². The molecule has 1 fully saturated rings. The molecule has 7 heteroatoms. The molecule has 1 atom stereocenters. The van der Waals surface area contributed by atoms with Crippen LogP contribution in [-0.4, -0.2) is 56.5 Å². The summed E-state index contributed by atoms with van der Waals surface area (Å²) in [5, 5.41) is 11.6. The summed E-state index contributed by atoms with van der Waals surface area (Å²) in [7, 11) is 1.73. The Labute approximate surface area is 177 Å². The molecule has 0 aliphatic carbocycles. The van der Waals surface area contributed by atoms with Crippen molar-refractivity contribution in [3.8, 4) is 0 Å². The molecule has 0 bridgehead atoms. The molecule has 0 spiro atoms. The van der Waals surface area contributed by atoms with Gasteiger partial charge < -0.3 is 16.0 Å². The van der Waals surface area contributed by atoms with Crippen LogP contribution in [0.4, 0.5) is 0 Å². The van der Waals surface area contributed by atoms with Crippen LogP contribution in [0.1, 0.15) is 29.3 Å². The third-order valence-corrected chi connectivity index (χ3v) is 6.11. The number of thiophene rings is 1. The Morgan fingerprint density at radius 3 is 2.59 bits per heavy atom. The van der Waals surface area contributed by atoms with Crippen LogP contribution in [0.25, 0.3) is 0 Å². The van der Waals surface area contributed by atoms with E-state index in [0.29, 0.717) is 18.5 Å². The lowest BCUT2D eigenvalue weighted by atomic mass is 10.1. The van der Waals surface area contributed by atoms with Gasteiger partial charge in [-0.25, -0.2) is 0 Å². The SMILES string of the molecule is CN=C(NCC(=O)NCCc1ccccc1)NCC(c1cccs1)N1CCCC1. The first kappa shape index (κ1) is 21.3. The second-order valence-electron chi connectivity index (χ2n) is 7.17. The number of rotatable bonds is 9. The van der Waals surface area contributed by atoms with Crippen LogP contribution in [-0.2, 0) is 11.2 Å². The Bertz CT molecular complexity index is 757. The molecule has 1 aromatic heterocycles. The minimum absolute atomic E-state index is 0.0294. The smallest absolute Gasteiger partial charge is 0.239 e. The highest BCUT2D eigenvalue weighted by atomic mass is 32.1. The largest absolute Gasteiger partial charge is 0.354 e. The van der Waals surface area contributed by atoms with Gasteiger partial charge in [0.15, 0.2) is 5.96 Å². The topological polar surface area (TPSA) is 68.8 Å². The van der Waals surface area contributed by atoms with Gasteiger partial charge in [-0.3, -0.25) is 14.7 Å². The first-order valence-electron chi connectivity index (χ1n) is 10.3. The lowest BCUT2D eigenvalue weighted by Crippen LogP contribution is -2.46. The highest BCUT2D eigenvalue weighted by Gasteiger charge is 2.24. The van der Waals surface area contributed by atoms with Crippen molar-refractivity contribution in [2.75, 3.05) is 39.8 Å². The van der Waals surface area contributed by atoms with Crippen molar-refractivity contribution in [2.45, 2.75) is 25.3 Å². The van der Waals surface area contributed by atoms with Gasteiger partial charge in [0.1, 0.15) is 0 Å². The average molecular weight is 414 g/mol. The van der Waals surface area contributed by atoms with E-state index in [1.165, 1.54) is 23.3 Å². The zero-order valence-corrected chi connectivity index (χ0v) is 17.9. The number of carbonyl (C=O) groups excluding carboxylic acids is 1. The fraction of sp³-hybridized carbons (Fsp3) is 0.455. The number of carbonyl (C=O) groups is 1. The Balaban J connectivity index is 1.40. The average Bonchev–Trinajstić information content (AvgIpc) is 3.46. The second kappa shape index (κ2) is 11.6. The Hall–Kier alpha value is -2.38. The van der Waals surface area contributed by atoms with E-state index < -0.39 is 0 Å². The first-order valence-corrected chi connectivity index (χ1v) is 11.2. The fourth-order valence-electron chi connectivity index (χ4n) is 3.58. The lowest BCUT2D eigenvalue weighted by molar-refractivity contribution is -0.119. The summed E-state index contributed by atoms with van der Waals surface area (Å²) in [5.41, 5.74) is 1.22. The number of guanidine groups is 1. The molecular formula is C22H31N5OS. The number of amides is 1. The van der Waals surface area contributed by atoms with Crippen LogP contribution in [0.5, 0.6) is 0 Å². The summed E-state index contributed by atoms with van der Waals surface area (Å²) in [6, 6.07) is 14.8. The van der Waals surface area contributed by atoms with E-state index in [4.69, 9.17) is 0 Å². The van der Waals surface area contributed by atoms with Crippen LogP contribution >= 0.6 is 11.3 Å². The van der Waals surface area contributed by atoms with Crippen molar-refractivity contribution in [1.29, 1.82) is 0 Å². The van der Waals surface area contributed by atoms with E-state index in [1.54, 1.807) is 18.4 Å². The molecule has 1 aliphatic heterocycles. The van der Waals surface area contributed by atoms with Gasteiger partial charge in [0.25, 0.3) is 0 Å². The van der Waals surface area contributed by atoms with Gasteiger partial charge in [-0.15, -0.1) is 11.3 Å². The molecule has 2 aromatic rings. The highest BCUT2D eigenvalue weighted by Crippen LogP contribution is 2.27. The van der Waals surface area contributed by atoms with Crippen LogP contribution in [0.15, 0.2) is 52.8 Å². The molecule has 0 radical (unpaired) electrons. The Morgan fingerprint density at radius 2 is 1.90 bits per heavy atom. The van der Waals surface area contributed by atoms with Gasteiger partial charge in [-0.05, 0) is 49.4 Å². The standard InChI is InChI=1S/C22H31N5OS/c1-23-22(26-17-21(28)24-12-11-18-8-3-2-4-9-18)25-16-19(20-10-7-15-29-20)27-13-5-6-14-27/h2-4,7-10,15,19H,5-6,11-14,16-17H2,1H3,(H,24,28)(H2,23,25,26). The number of benzene rings is 1. The van der Waals surface area contributed by atoms with Crippen LogP contribution in [0.2, 0.25) is 0 Å². The highest BCUT2D eigenvalue weighted by molar-refractivity contribution is 7.10. The molecule has 3 rings (SSSR count). The predicted molar refractivity (Wildman–Crippen MR) is 120 cm³/mol. The maximum absolute atomic E-state index is 12.1. The van der Waals surface area contributed by atoms with Crippen molar-refractivity contribution in [3.05, 3.63) is 58.3 Å². The first-order chi connectivity index (χ1) is 14.3. The fourth-order valence-corrected chi connectivity index (χ4v) is 4.44. The lowest BCUT2D eigenvalue weighted by Gasteiger charge is -2.27. The number of nitrogens with zero attached hydrogens (tertiary/aromatic N) is 2. The van der Waals surface area contributed by atoms with E-state index >= 15 is 0 Å². The molecule has 1 saturated heterocycles. The van der Waals surface area contributed by atoms with Crippen molar-refractivity contribution in [2.24, 2.45) is 4.99 Å². The Morgan fingerprint density at radius 1 is 1.10 bits per heavy atom. The van der Waals surface area contributed by atoms with Crippen molar-refractivity contribution in [3.63, 3.8) is 0 Å². The van der Waals surface area contributed by atoms with Crippen molar-refractivity contribution in [1.82, 2.24) is 20.9 Å². The number of aliphatic imine (C=N–C) groups is 1. The quantitative estimate of drug-likeness (QED) is 0.436. The molecule has 1 aliphatic rings. The molecule has 1 unspecified atom stereocenters. The van der Waals surface area contributed by atoms with Gasteiger partial charge in [0, 0.05) is 25.0 Å². The van der Waals surface area contributed by atoms with E-state index in [2.05, 4.69) is 55.5 Å². The summed E-state index contributed by atoms with van der Waals surface area (Å²) in [6.45, 7) is 3.89. The van der Waals surface area contributed by atoms with Crippen molar-refractivity contribution < 1.29 is 4.79 Å². The molecule has 29 heavy (non-hydrogen) atoms. The molecule has 1 aromatic carbocycles. The summed E-state index contributed by atoms with van der Waals surface area (Å²) < 4.78 is 0. The summed E-state index contributed by atoms with van der Waals surface area (Å²) in [6.07, 6.45) is 3.36. The number of likely N-dealkylation sites (tertiary alicyclic amines) is 1.